The predicted molar refractivity (Wildman–Crippen MR) is 149 cm³/mol. The Labute approximate surface area is 246 Å². The molecule has 0 aliphatic carbocycles. The molecule has 0 aromatic heterocycles. The van der Waals surface area contributed by atoms with Gasteiger partial charge in [-0.05, 0) is 42.9 Å². The number of carbonyl (C=O) groups excluding carboxylic acids is 5. The van der Waals surface area contributed by atoms with Crippen molar-refractivity contribution in [2.24, 2.45) is 17.6 Å². The molecule has 10 nitrogen and oxygen atoms in total. The fraction of sp³-hybridized carbons (Fsp3) is 0.414. The lowest BCUT2D eigenvalue weighted by Gasteiger charge is -2.29. The van der Waals surface area contributed by atoms with Crippen LogP contribution in [-0.4, -0.2) is 48.2 Å². The standard InChI is InChI=1S/C29H33ClF2N4O6/c1-16(2)13-22(27(40)35-21(23(37)25(33)38)14-18-11-12-34-26(18)39)36-28(41)42-24(17-7-4-3-5-8-17)29(31,32)19-9-6-10-20(30)15-19/h3-10,15-16,18,21-22,24H,11-14H2,1-2H3,(H2,33,38)(H,34,39)(H,35,40)(H,36,41). The van der Waals surface area contributed by atoms with E-state index in [-0.39, 0.29) is 35.3 Å². The Bertz CT molecular complexity index is 1310. The summed E-state index contributed by atoms with van der Waals surface area (Å²) in [6, 6.07) is 9.58. The minimum Gasteiger partial charge on any atom is -0.434 e. The van der Waals surface area contributed by atoms with Crippen LogP contribution in [0, 0.1) is 11.8 Å². The number of hydrogen-bond donors (Lipinski definition) is 4. The normalized spacial score (nSPS) is 17.1. The average molecular weight is 607 g/mol. The van der Waals surface area contributed by atoms with Crippen molar-refractivity contribution in [2.45, 2.75) is 57.2 Å². The zero-order valence-corrected chi connectivity index (χ0v) is 23.8. The lowest BCUT2D eigenvalue weighted by atomic mass is 9.94. The largest absolute Gasteiger partial charge is 0.434 e. The van der Waals surface area contributed by atoms with Crippen LogP contribution in [0.5, 0.6) is 0 Å². The van der Waals surface area contributed by atoms with Crippen LogP contribution in [0.4, 0.5) is 13.6 Å². The number of carbonyl (C=O) groups is 5. The minimum absolute atomic E-state index is 0.00977. The number of alkyl halides is 2. The number of amides is 4. The van der Waals surface area contributed by atoms with Crippen molar-refractivity contribution >= 4 is 41.2 Å². The molecule has 5 N–H and O–H groups in total. The van der Waals surface area contributed by atoms with E-state index in [0.717, 1.165) is 12.1 Å². The molecule has 4 unspecified atom stereocenters. The SMILES string of the molecule is CC(C)CC(NC(=O)OC(c1ccccc1)C(F)(F)c1cccc(Cl)c1)C(=O)NC(CC1CCNC1=O)C(=O)C(N)=O. The third kappa shape index (κ3) is 8.48. The molecule has 0 saturated carbocycles. The zero-order valence-electron chi connectivity index (χ0n) is 23.1. The van der Waals surface area contributed by atoms with Gasteiger partial charge in [0.05, 0.1) is 6.04 Å². The molecule has 1 saturated heterocycles. The fourth-order valence-electron chi connectivity index (χ4n) is 4.64. The summed E-state index contributed by atoms with van der Waals surface area (Å²) in [5.74, 6) is -8.17. The highest BCUT2D eigenvalue weighted by Gasteiger charge is 2.46. The number of hydrogen-bond acceptors (Lipinski definition) is 6. The van der Waals surface area contributed by atoms with Crippen LogP contribution in [0.15, 0.2) is 54.6 Å². The van der Waals surface area contributed by atoms with Gasteiger partial charge in [0.2, 0.25) is 17.6 Å². The Hall–Kier alpha value is -4.06. The molecule has 226 valence electrons. The highest BCUT2D eigenvalue weighted by atomic mass is 35.5. The Kier molecular flexibility index (Phi) is 11.0. The van der Waals surface area contributed by atoms with Gasteiger partial charge in [0.1, 0.15) is 6.04 Å². The number of alkyl carbamates (subject to hydrolysis) is 1. The molecule has 0 bridgehead atoms. The van der Waals surface area contributed by atoms with Crippen molar-refractivity contribution < 1.29 is 37.5 Å². The van der Waals surface area contributed by atoms with Crippen LogP contribution in [0.25, 0.3) is 0 Å². The molecule has 1 fully saturated rings. The highest BCUT2D eigenvalue weighted by molar-refractivity contribution is 6.38. The molecule has 1 aliphatic rings. The molecule has 0 spiro atoms. The Morgan fingerprint density at radius 2 is 1.76 bits per heavy atom. The smallest absolute Gasteiger partial charge is 0.408 e. The molecule has 13 heteroatoms. The summed E-state index contributed by atoms with van der Waals surface area (Å²) in [4.78, 5) is 62.5. The summed E-state index contributed by atoms with van der Waals surface area (Å²) in [6.45, 7) is 3.88. The number of rotatable bonds is 13. The van der Waals surface area contributed by atoms with E-state index in [1.165, 1.54) is 36.4 Å². The van der Waals surface area contributed by atoms with Gasteiger partial charge in [-0.1, -0.05) is 67.9 Å². The molecule has 4 amide bonds. The van der Waals surface area contributed by atoms with E-state index in [9.17, 15) is 24.0 Å². The van der Waals surface area contributed by atoms with Gasteiger partial charge in [0, 0.05) is 23.0 Å². The molecule has 1 heterocycles. The van der Waals surface area contributed by atoms with Crippen LogP contribution in [0.1, 0.15) is 50.3 Å². The summed E-state index contributed by atoms with van der Waals surface area (Å²) in [6.07, 6.45) is -3.17. The quantitative estimate of drug-likeness (QED) is 0.256. The lowest BCUT2D eigenvalue weighted by molar-refractivity contribution is -0.139. The Morgan fingerprint density at radius 1 is 1.07 bits per heavy atom. The van der Waals surface area contributed by atoms with Crippen LogP contribution in [0.3, 0.4) is 0 Å². The van der Waals surface area contributed by atoms with E-state index in [4.69, 9.17) is 22.1 Å². The molecule has 2 aromatic carbocycles. The second-order valence-corrected chi connectivity index (χ2v) is 10.9. The van der Waals surface area contributed by atoms with Crippen molar-refractivity contribution in [1.82, 2.24) is 16.0 Å². The summed E-state index contributed by atoms with van der Waals surface area (Å²) < 4.78 is 36.8. The van der Waals surface area contributed by atoms with Crippen LogP contribution >= 0.6 is 11.6 Å². The van der Waals surface area contributed by atoms with E-state index < -0.39 is 59.3 Å². The number of ketones is 1. The monoisotopic (exact) mass is 606 g/mol. The van der Waals surface area contributed by atoms with E-state index in [1.54, 1.807) is 19.9 Å². The topological polar surface area (TPSA) is 157 Å². The minimum atomic E-state index is -3.72. The summed E-state index contributed by atoms with van der Waals surface area (Å²) >= 11 is 5.93. The summed E-state index contributed by atoms with van der Waals surface area (Å²) in [7, 11) is 0. The van der Waals surface area contributed by atoms with Crippen molar-refractivity contribution in [1.29, 1.82) is 0 Å². The number of ether oxygens (including phenoxy) is 1. The highest BCUT2D eigenvalue weighted by Crippen LogP contribution is 2.43. The molecule has 4 atom stereocenters. The van der Waals surface area contributed by atoms with E-state index >= 15 is 8.78 Å². The van der Waals surface area contributed by atoms with Crippen molar-refractivity contribution in [2.75, 3.05) is 6.54 Å². The summed E-state index contributed by atoms with van der Waals surface area (Å²) in [5.41, 5.74) is 4.66. The number of nitrogens with two attached hydrogens (primary N) is 1. The van der Waals surface area contributed by atoms with Crippen molar-refractivity contribution in [3.63, 3.8) is 0 Å². The van der Waals surface area contributed by atoms with Crippen molar-refractivity contribution in [3.05, 3.63) is 70.7 Å². The van der Waals surface area contributed by atoms with Gasteiger partial charge in [-0.25, -0.2) is 4.79 Å². The Morgan fingerprint density at radius 3 is 2.33 bits per heavy atom. The van der Waals surface area contributed by atoms with Gasteiger partial charge in [-0.3, -0.25) is 19.2 Å². The molecular formula is C29H33ClF2N4O6. The summed E-state index contributed by atoms with van der Waals surface area (Å²) in [5, 5.41) is 7.39. The second kappa shape index (κ2) is 14.2. The molecule has 2 aromatic rings. The van der Waals surface area contributed by atoms with E-state index in [1.807, 2.05) is 0 Å². The first-order valence-electron chi connectivity index (χ1n) is 13.4. The Balaban J connectivity index is 1.83. The fourth-order valence-corrected chi connectivity index (χ4v) is 4.83. The first kappa shape index (κ1) is 32.5. The molecule has 0 radical (unpaired) electrons. The van der Waals surface area contributed by atoms with Gasteiger partial charge < -0.3 is 26.4 Å². The average Bonchev–Trinajstić information content (AvgIpc) is 3.34. The van der Waals surface area contributed by atoms with Crippen LogP contribution < -0.4 is 21.7 Å². The molecule has 42 heavy (non-hydrogen) atoms. The number of nitrogens with one attached hydrogen (secondary N) is 3. The van der Waals surface area contributed by atoms with E-state index in [0.29, 0.717) is 13.0 Å². The van der Waals surface area contributed by atoms with Crippen molar-refractivity contribution in [3.8, 4) is 0 Å². The first-order chi connectivity index (χ1) is 19.8. The number of benzene rings is 2. The van der Waals surface area contributed by atoms with E-state index in [2.05, 4.69) is 16.0 Å². The van der Waals surface area contributed by atoms with Gasteiger partial charge >= 0.3 is 12.0 Å². The number of primary amides is 1. The number of halogens is 3. The van der Waals surface area contributed by atoms with Gasteiger partial charge in [-0.2, -0.15) is 8.78 Å². The maximum atomic E-state index is 15.8. The second-order valence-electron chi connectivity index (χ2n) is 10.5. The third-order valence-corrected chi connectivity index (χ3v) is 6.98. The third-order valence-electron chi connectivity index (χ3n) is 6.74. The van der Waals surface area contributed by atoms with Crippen LogP contribution in [-0.2, 0) is 29.8 Å². The number of Topliss-reactive ketones (excluding diaryl/α,β-unsaturated/α-hetero) is 1. The molecular weight excluding hydrogens is 574 g/mol. The van der Waals surface area contributed by atoms with Crippen LogP contribution in [0.2, 0.25) is 5.02 Å². The maximum absolute atomic E-state index is 15.8. The lowest BCUT2D eigenvalue weighted by Crippen LogP contribution is -2.54. The predicted octanol–water partition coefficient (Wildman–Crippen LogP) is 3.38. The van der Waals surface area contributed by atoms with Gasteiger partial charge in [-0.15, -0.1) is 0 Å². The molecule has 3 rings (SSSR count). The van der Waals surface area contributed by atoms with Gasteiger partial charge in [0.15, 0.2) is 6.10 Å². The first-order valence-corrected chi connectivity index (χ1v) is 13.7. The molecule has 1 aliphatic heterocycles. The maximum Gasteiger partial charge on any atom is 0.408 e. The van der Waals surface area contributed by atoms with Gasteiger partial charge in [0.25, 0.3) is 5.91 Å². The zero-order chi connectivity index (χ0) is 31.0.